The molecule has 1 aliphatic carbocycles. The Morgan fingerprint density at radius 2 is 1.78 bits per heavy atom. The molecule has 0 spiro atoms. The summed E-state index contributed by atoms with van der Waals surface area (Å²) in [6.07, 6.45) is 6.70. The van der Waals surface area contributed by atoms with Crippen molar-refractivity contribution in [2.45, 2.75) is 31.7 Å². The first-order valence-electron chi connectivity index (χ1n) is 11.6. The number of aromatic nitrogens is 4. The summed E-state index contributed by atoms with van der Waals surface area (Å²) in [6, 6.07) is 8.95. The second-order valence-electron chi connectivity index (χ2n) is 8.77. The molecule has 2 aromatic heterocycles. The predicted molar refractivity (Wildman–Crippen MR) is 128 cm³/mol. The van der Waals surface area contributed by atoms with Crippen LogP contribution in [-0.2, 0) is 0 Å². The third-order valence-corrected chi connectivity index (χ3v) is 6.53. The number of anilines is 4. The SMILES string of the molecule is CN1CCN(c2ccc(Nc3nc(NCCO)nc4c3ncn4C3CCCC3)cc2)CC1. The Hall–Kier alpha value is -2.91. The van der Waals surface area contributed by atoms with Gasteiger partial charge in [0.15, 0.2) is 17.0 Å². The van der Waals surface area contributed by atoms with E-state index in [-0.39, 0.29) is 6.61 Å². The smallest absolute Gasteiger partial charge is 0.226 e. The number of hydrogen-bond acceptors (Lipinski definition) is 8. The maximum Gasteiger partial charge on any atom is 0.226 e. The fourth-order valence-electron chi connectivity index (χ4n) is 4.66. The molecule has 1 saturated heterocycles. The minimum absolute atomic E-state index is 0.0276. The van der Waals surface area contributed by atoms with Crippen molar-refractivity contribution in [1.29, 1.82) is 0 Å². The molecule has 3 aromatic rings. The van der Waals surface area contributed by atoms with Gasteiger partial charge in [-0.05, 0) is 44.2 Å². The molecule has 3 heterocycles. The van der Waals surface area contributed by atoms with Crippen LogP contribution in [0.15, 0.2) is 30.6 Å². The van der Waals surface area contributed by atoms with E-state index in [4.69, 9.17) is 4.98 Å². The Kier molecular flexibility index (Phi) is 6.09. The van der Waals surface area contributed by atoms with Crippen LogP contribution in [0, 0.1) is 0 Å². The van der Waals surface area contributed by atoms with Crippen LogP contribution in [-0.4, -0.2) is 75.9 Å². The highest BCUT2D eigenvalue weighted by Gasteiger charge is 2.22. The number of aliphatic hydroxyl groups is 1. The molecular formula is C23H32N8O. The highest BCUT2D eigenvalue weighted by molar-refractivity contribution is 5.86. The number of fused-ring (bicyclic) bond motifs is 1. The van der Waals surface area contributed by atoms with E-state index in [0.29, 0.717) is 24.4 Å². The number of aliphatic hydroxyl groups excluding tert-OH is 1. The summed E-state index contributed by atoms with van der Waals surface area (Å²) < 4.78 is 2.19. The Balaban J connectivity index is 1.41. The quantitative estimate of drug-likeness (QED) is 0.521. The molecule has 0 unspecified atom stereocenters. The fourth-order valence-corrected chi connectivity index (χ4v) is 4.66. The summed E-state index contributed by atoms with van der Waals surface area (Å²) in [6.45, 7) is 4.71. The monoisotopic (exact) mass is 436 g/mol. The van der Waals surface area contributed by atoms with Crippen LogP contribution < -0.4 is 15.5 Å². The van der Waals surface area contributed by atoms with Gasteiger partial charge in [-0.1, -0.05) is 12.8 Å². The van der Waals surface area contributed by atoms with Crippen molar-refractivity contribution in [3.8, 4) is 0 Å². The molecule has 5 rings (SSSR count). The number of likely N-dealkylation sites (N-methyl/N-ethyl adjacent to an activating group) is 1. The Labute approximate surface area is 188 Å². The zero-order valence-corrected chi connectivity index (χ0v) is 18.7. The molecule has 32 heavy (non-hydrogen) atoms. The van der Waals surface area contributed by atoms with Gasteiger partial charge in [-0.2, -0.15) is 9.97 Å². The van der Waals surface area contributed by atoms with Crippen molar-refractivity contribution in [1.82, 2.24) is 24.4 Å². The van der Waals surface area contributed by atoms with Crippen LogP contribution >= 0.6 is 0 Å². The minimum Gasteiger partial charge on any atom is -0.395 e. The summed E-state index contributed by atoms with van der Waals surface area (Å²) in [5.74, 6) is 1.18. The molecule has 2 fully saturated rings. The molecule has 9 heteroatoms. The second kappa shape index (κ2) is 9.30. The lowest BCUT2D eigenvalue weighted by Crippen LogP contribution is -2.44. The van der Waals surface area contributed by atoms with Crippen LogP contribution in [0.4, 0.5) is 23.1 Å². The van der Waals surface area contributed by atoms with Gasteiger partial charge in [-0.3, -0.25) is 0 Å². The number of benzene rings is 1. The number of imidazole rings is 1. The van der Waals surface area contributed by atoms with Crippen LogP contribution in [0.2, 0.25) is 0 Å². The number of rotatable bonds is 7. The van der Waals surface area contributed by atoms with Crippen LogP contribution in [0.5, 0.6) is 0 Å². The first-order valence-corrected chi connectivity index (χ1v) is 11.6. The Bertz CT molecular complexity index is 1040. The zero-order valence-electron chi connectivity index (χ0n) is 18.7. The largest absolute Gasteiger partial charge is 0.395 e. The van der Waals surface area contributed by atoms with Gasteiger partial charge in [-0.25, -0.2) is 4.98 Å². The van der Waals surface area contributed by atoms with E-state index in [1.54, 1.807) is 0 Å². The highest BCUT2D eigenvalue weighted by atomic mass is 16.3. The predicted octanol–water partition coefficient (Wildman–Crippen LogP) is 2.84. The van der Waals surface area contributed by atoms with Crippen molar-refractivity contribution in [3.05, 3.63) is 30.6 Å². The first kappa shape index (κ1) is 21.0. The van der Waals surface area contributed by atoms with Crippen molar-refractivity contribution >= 4 is 34.3 Å². The van der Waals surface area contributed by atoms with E-state index in [1.807, 2.05) is 6.33 Å². The molecular weight excluding hydrogens is 404 g/mol. The van der Waals surface area contributed by atoms with Gasteiger partial charge in [0, 0.05) is 50.1 Å². The maximum absolute atomic E-state index is 9.22. The molecule has 3 N–H and O–H groups in total. The van der Waals surface area contributed by atoms with Gasteiger partial charge in [-0.15, -0.1) is 0 Å². The Morgan fingerprint density at radius 1 is 1.03 bits per heavy atom. The molecule has 1 saturated carbocycles. The van der Waals surface area contributed by atoms with Gasteiger partial charge in [0.05, 0.1) is 12.9 Å². The summed E-state index contributed by atoms with van der Waals surface area (Å²) in [4.78, 5) is 18.8. The summed E-state index contributed by atoms with van der Waals surface area (Å²) in [5, 5.41) is 15.8. The standard InChI is InChI=1S/C23H32N8O/c1-29-11-13-30(14-12-29)18-8-6-17(7-9-18)26-21-20-22(28-23(27-21)24-10-15-32)31(16-25-20)19-4-2-3-5-19/h6-9,16,19,32H,2-5,10-15H2,1H3,(H2,24,26,27,28). The maximum atomic E-state index is 9.22. The third-order valence-electron chi connectivity index (χ3n) is 6.53. The molecule has 1 aliphatic heterocycles. The minimum atomic E-state index is 0.0276. The number of piperazine rings is 1. The van der Waals surface area contributed by atoms with Gasteiger partial charge in [0.1, 0.15) is 0 Å². The topological polar surface area (TPSA) is 94.4 Å². The van der Waals surface area contributed by atoms with E-state index >= 15 is 0 Å². The van der Waals surface area contributed by atoms with E-state index in [9.17, 15) is 5.11 Å². The lowest BCUT2D eigenvalue weighted by Gasteiger charge is -2.34. The van der Waals surface area contributed by atoms with E-state index in [1.165, 1.54) is 18.5 Å². The normalized spacial score (nSPS) is 17.9. The van der Waals surface area contributed by atoms with Crippen LogP contribution in [0.3, 0.4) is 0 Å². The van der Waals surface area contributed by atoms with Gasteiger partial charge in [0.2, 0.25) is 5.95 Å². The van der Waals surface area contributed by atoms with Crippen molar-refractivity contribution in [3.63, 3.8) is 0 Å². The lowest BCUT2D eigenvalue weighted by atomic mass is 10.2. The highest BCUT2D eigenvalue weighted by Crippen LogP contribution is 2.33. The van der Waals surface area contributed by atoms with Gasteiger partial charge in [0.25, 0.3) is 0 Å². The molecule has 2 aliphatic rings. The summed E-state index contributed by atoms with van der Waals surface area (Å²) in [5.41, 5.74) is 3.82. The number of hydrogen-bond donors (Lipinski definition) is 3. The summed E-state index contributed by atoms with van der Waals surface area (Å²) in [7, 11) is 2.17. The molecule has 9 nitrogen and oxygen atoms in total. The van der Waals surface area contributed by atoms with Crippen LogP contribution in [0.1, 0.15) is 31.7 Å². The molecule has 0 amide bonds. The number of nitrogens with one attached hydrogen (secondary N) is 2. The third kappa shape index (κ3) is 4.35. The Morgan fingerprint density at radius 3 is 2.50 bits per heavy atom. The number of nitrogens with zero attached hydrogens (tertiary/aromatic N) is 6. The van der Waals surface area contributed by atoms with E-state index in [2.05, 4.69) is 66.3 Å². The molecule has 0 bridgehead atoms. The molecule has 0 atom stereocenters. The average molecular weight is 437 g/mol. The van der Waals surface area contributed by atoms with Crippen LogP contribution in [0.25, 0.3) is 11.2 Å². The molecule has 1 aromatic carbocycles. The van der Waals surface area contributed by atoms with Crippen molar-refractivity contribution in [2.24, 2.45) is 0 Å². The van der Waals surface area contributed by atoms with Crippen molar-refractivity contribution < 1.29 is 5.11 Å². The molecule has 170 valence electrons. The average Bonchev–Trinajstić information content (AvgIpc) is 3.49. The summed E-state index contributed by atoms with van der Waals surface area (Å²) >= 11 is 0. The van der Waals surface area contributed by atoms with Gasteiger partial charge < -0.3 is 30.1 Å². The first-order chi connectivity index (χ1) is 15.7. The fraction of sp³-hybridized carbons (Fsp3) is 0.522. The van der Waals surface area contributed by atoms with Crippen molar-refractivity contribution in [2.75, 3.05) is 61.9 Å². The second-order valence-corrected chi connectivity index (χ2v) is 8.77. The van der Waals surface area contributed by atoms with E-state index < -0.39 is 0 Å². The lowest BCUT2D eigenvalue weighted by molar-refractivity contribution is 0.311. The zero-order chi connectivity index (χ0) is 21.9. The van der Waals surface area contributed by atoms with E-state index in [0.717, 1.165) is 55.9 Å². The van der Waals surface area contributed by atoms with Gasteiger partial charge >= 0.3 is 0 Å². The molecule has 0 radical (unpaired) electrons.